The summed E-state index contributed by atoms with van der Waals surface area (Å²) in [5.74, 6) is 0.799. The largest absolute Gasteiger partial charge is 0.480 e. The van der Waals surface area contributed by atoms with Crippen molar-refractivity contribution in [3.63, 3.8) is 0 Å². The van der Waals surface area contributed by atoms with Gasteiger partial charge in [-0.1, -0.05) is 12.8 Å². The minimum absolute atomic E-state index is 0.278. The van der Waals surface area contributed by atoms with Crippen molar-refractivity contribution in [1.82, 2.24) is 9.55 Å². The summed E-state index contributed by atoms with van der Waals surface area (Å²) in [4.78, 5) is 26.9. The van der Waals surface area contributed by atoms with Gasteiger partial charge in [0, 0.05) is 18.4 Å². The molecule has 0 saturated heterocycles. The average Bonchev–Trinajstić information content (AvgIpc) is 2.73. The van der Waals surface area contributed by atoms with Crippen LogP contribution in [0.1, 0.15) is 32.1 Å². The number of hydrogen-bond donors (Lipinski definition) is 2. The van der Waals surface area contributed by atoms with Crippen molar-refractivity contribution >= 4 is 11.8 Å². The number of rotatable bonds is 4. The molecule has 1 heterocycles. The van der Waals surface area contributed by atoms with Crippen molar-refractivity contribution in [1.29, 1.82) is 0 Å². The number of hydrogen-bond acceptors (Lipinski definition) is 4. The minimum Gasteiger partial charge on any atom is -0.480 e. The van der Waals surface area contributed by atoms with E-state index in [9.17, 15) is 9.59 Å². The van der Waals surface area contributed by atoms with Crippen molar-refractivity contribution in [3.05, 3.63) is 22.7 Å². The molecule has 3 rings (SSSR count). The first-order valence-corrected chi connectivity index (χ1v) is 7.15. The second-order valence-corrected chi connectivity index (χ2v) is 5.96. The molecule has 1 aromatic rings. The predicted octanol–water partition coefficient (Wildman–Crippen LogP) is 1.32. The van der Waals surface area contributed by atoms with Crippen molar-refractivity contribution in [2.75, 3.05) is 5.32 Å². The first-order chi connectivity index (χ1) is 9.61. The van der Waals surface area contributed by atoms with E-state index in [4.69, 9.17) is 5.11 Å². The van der Waals surface area contributed by atoms with Crippen LogP contribution in [0.25, 0.3) is 0 Å². The summed E-state index contributed by atoms with van der Waals surface area (Å²) in [6, 6.07) is 0.294. The van der Waals surface area contributed by atoms with Gasteiger partial charge in [-0.05, 0) is 31.1 Å². The maximum atomic E-state index is 12.1. The molecule has 2 unspecified atom stereocenters. The highest BCUT2D eigenvalue weighted by Gasteiger charge is 2.34. The maximum absolute atomic E-state index is 12.1. The Labute approximate surface area is 116 Å². The maximum Gasteiger partial charge on any atom is 0.323 e. The molecular formula is C14H19N3O3. The molecule has 0 radical (unpaired) electrons. The van der Waals surface area contributed by atoms with Gasteiger partial charge in [-0.25, -0.2) is 4.98 Å². The standard InChI is InChI=1S/C14H19N3O3/c18-12(19)8-17-4-3-15-13(14(17)20)16-11-6-9-1-2-10(5-9)7-11/h3-4,9-11H,1-2,5-8H2,(H,15,16)(H,18,19). The highest BCUT2D eigenvalue weighted by Crippen LogP contribution is 2.42. The van der Waals surface area contributed by atoms with E-state index in [0.29, 0.717) is 6.04 Å². The van der Waals surface area contributed by atoms with E-state index in [2.05, 4.69) is 10.3 Å². The highest BCUT2D eigenvalue weighted by atomic mass is 16.4. The minimum atomic E-state index is -1.03. The molecule has 0 aliphatic heterocycles. The number of carbonyl (C=O) groups is 1. The Morgan fingerprint density at radius 3 is 2.70 bits per heavy atom. The fraction of sp³-hybridized carbons (Fsp3) is 0.643. The number of fused-ring (bicyclic) bond motifs is 2. The fourth-order valence-corrected chi connectivity index (χ4v) is 3.64. The third-order valence-corrected chi connectivity index (χ3v) is 4.45. The molecule has 2 aliphatic rings. The van der Waals surface area contributed by atoms with E-state index in [-0.39, 0.29) is 17.9 Å². The summed E-state index contributed by atoms with van der Waals surface area (Å²) >= 11 is 0. The lowest BCUT2D eigenvalue weighted by Crippen LogP contribution is -2.33. The second kappa shape index (κ2) is 5.26. The van der Waals surface area contributed by atoms with E-state index >= 15 is 0 Å². The van der Waals surface area contributed by atoms with Crippen molar-refractivity contribution in [3.8, 4) is 0 Å². The van der Waals surface area contributed by atoms with E-state index in [1.807, 2.05) is 0 Å². The van der Waals surface area contributed by atoms with Gasteiger partial charge in [-0.3, -0.25) is 14.2 Å². The molecule has 2 bridgehead atoms. The molecule has 6 heteroatoms. The molecule has 6 nitrogen and oxygen atoms in total. The molecule has 2 saturated carbocycles. The van der Waals surface area contributed by atoms with Crippen LogP contribution in [0.2, 0.25) is 0 Å². The van der Waals surface area contributed by atoms with Gasteiger partial charge in [0.15, 0.2) is 5.82 Å². The number of carboxylic acids is 1. The summed E-state index contributed by atoms with van der Waals surface area (Å²) in [5, 5.41) is 12.0. The zero-order valence-corrected chi connectivity index (χ0v) is 11.3. The van der Waals surface area contributed by atoms with Gasteiger partial charge in [-0.2, -0.15) is 0 Å². The van der Waals surface area contributed by atoms with Gasteiger partial charge in [0.05, 0.1) is 0 Å². The van der Waals surface area contributed by atoms with Crippen molar-refractivity contribution in [2.45, 2.75) is 44.7 Å². The van der Waals surface area contributed by atoms with Gasteiger partial charge < -0.3 is 10.4 Å². The molecule has 20 heavy (non-hydrogen) atoms. The SMILES string of the molecule is O=C(O)Cn1ccnc(NC2CC3CCC(C3)C2)c1=O. The topological polar surface area (TPSA) is 84.2 Å². The van der Waals surface area contributed by atoms with Crippen LogP contribution >= 0.6 is 0 Å². The summed E-state index contributed by atoms with van der Waals surface area (Å²) < 4.78 is 1.18. The van der Waals surface area contributed by atoms with Crippen LogP contribution in [0.4, 0.5) is 5.82 Å². The highest BCUT2D eigenvalue weighted by molar-refractivity contribution is 5.66. The fourth-order valence-electron chi connectivity index (χ4n) is 3.64. The van der Waals surface area contributed by atoms with Gasteiger partial charge in [-0.15, -0.1) is 0 Å². The number of nitrogens with zero attached hydrogens (tertiary/aromatic N) is 2. The van der Waals surface area contributed by atoms with Crippen LogP contribution < -0.4 is 10.9 Å². The van der Waals surface area contributed by atoms with Gasteiger partial charge in [0.25, 0.3) is 5.56 Å². The smallest absolute Gasteiger partial charge is 0.323 e. The third kappa shape index (κ3) is 2.69. The summed E-state index contributed by atoms with van der Waals surface area (Å²) in [6.07, 6.45) is 8.99. The number of nitrogens with one attached hydrogen (secondary N) is 1. The quantitative estimate of drug-likeness (QED) is 0.867. The van der Waals surface area contributed by atoms with Gasteiger partial charge >= 0.3 is 5.97 Å². The van der Waals surface area contributed by atoms with Gasteiger partial charge in [0.1, 0.15) is 6.54 Å². The Balaban J connectivity index is 1.74. The lowest BCUT2D eigenvalue weighted by Gasteiger charge is -2.28. The Bertz CT molecular complexity index is 557. The summed E-state index contributed by atoms with van der Waals surface area (Å²) in [6.45, 7) is -0.327. The number of aliphatic carboxylic acids is 1. The lowest BCUT2D eigenvalue weighted by atomic mass is 9.85. The summed E-state index contributed by atoms with van der Waals surface area (Å²) in [7, 11) is 0. The molecule has 2 N–H and O–H groups in total. The van der Waals surface area contributed by atoms with E-state index in [0.717, 1.165) is 24.7 Å². The zero-order valence-electron chi connectivity index (χ0n) is 11.3. The number of carboxylic acid groups (broad SMARTS) is 1. The predicted molar refractivity (Wildman–Crippen MR) is 73.6 cm³/mol. The van der Waals surface area contributed by atoms with Crippen molar-refractivity contribution < 1.29 is 9.90 Å². The first-order valence-electron chi connectivity index (χ1n) is 7.15. The van der Waals surface area contributed by atoms with Crippen LogP contribution in [0, 0.1) is 11.8 Å². The monoisotopic (exact) mass is 277 g/mol. The number of aromatic nitrogens is 2. The van der Waals surface area contributed by atoms with E-state index < -0.39 is 5.97 Å². The number of anilines is 1. The Kier molecular flexibility index (Phi) is 3.46. The van der Waals surface area contributed by atoms with Crippen LogP contribution in [-0.2, 0) is 11.3 Å². The van der Waals surface area contributed by atoms with Crippen LogP contribution in [0.5, 0.6) is 0 Å². The average molecular weight is 277 g/mol. The lowest BCUT2D eigenvalue weighted by molar-refractivity contribution is -0.137. The molecular weight excluding hydrogens is 258 g/mol. The molecule has 0 spiro atoms. The van der Waals surface area contributed by atoms with E-state index in [1.54, 1.807) is 0 Å². The Hall–Kier alpha value is -1.85. The normalized spacial score (nSPS) is 28.3. The van der Waals surface area contributed by atoms with Crippen LogP contribution in [0.15, 0.2) is 17.2 Å². The Morgan fingerprint density at radius 2 is 2.05 bits per heavy atom. The van der Waals surface area contributed by atoms with E-state index in [1.165, 1.54) is 36.2 Å². The van der Waals surface area contributed by atoms with Crippen LogP contribution in [0.3, 0.4) is 0 Å². The van der Waals surface area contributed by atoms with Gasteiger partial charge in [0.2, 0.25) is 0 Å². The molecule has 2 aliphatic carbocycles. The van der Waals surface area contributed by atoms with Crippen molar-refractivity contribution in [2.24, 2.45) is 11.8 Å². The second-order valence-electron chi connectivity index (χ2n) is 5.96. The molecule has 2 fully saturated rings. The molecule has 0 amide bonds. The van der Waals surface area contributed by atoms with Crippen LogP contribution in [-0.4, -0.2) is 26.7 Å². The molecule has 0 aromatic carbocycles. The Morgan fingerprint density at radius 1 is 1.35 bits per heavy atom. The zero-order chi connectivity index (χ0) is 14.1. The summed E-state index contributed by atoms with van der Waals surface area (Å²) in [5.41, 5.74) is -0.354. The molecule has 108 valence electrons. The first kappa shape index (κ1) is 13.1. The molecule has 1 aromatic heterocycles. The molecule has 2 atom stereocenters. The third-order valence-electron chi connectivity index (χ3n) is 4.45.